The zero-order valence-electron chi connectivity index (χ0n) is 15.9. The fourth-order valence-electron chi connectivity index (χ4n) is 2.96. The van der Waals surface area contributed by atoms with Gasteiger partial charge in [-0.25, -0.2) is 4.98 Å². The number of carbonyl (C=O) groups excluding carboxylic acids is 2. The van der Waals surface area contributed by atoms with Crippen molar-refractivity contribution in [3.63, 3.8) is 0 Å². The van der Waals surface area contributed by atoms with Crippen molar-refractivity contribution in [3.05, 3.63) is 70.3 Å². The van der Waals surface area contributed by atoms with E-state index in [0.29, 0.717) is 29.0 Å². The van der Waals surface area contributed by atoms with E-state index in [1.165, 1.54) is 6.92 Å². The number of nitrogens with one attached hydrogen (secondary N) is 2. The van der Waals surface area contributed by atoms with Gasteiger partial charge in [-0.2, -0.15) is 0 Å². The number of H-pyrrole nitrogens is 1. The quantitative estimate of drug-likeness (QED) is 0.689. The minimum Gasteiger partial charge on any atom is -0.335 e. The third-order valence-corrected chi connectivity index (χ3v) is 4.37. The molecule has 144 valence electrons. The zero-order valence-corrected chi connectivity index (χ0v) is 15.9. The van der Waals surface area contributed by atoms with Gasteiger partial charge < -0.3 is 15.2 Å². The summed E-state index contributed by atoms with van der Waals surface area (Å²) in [6.07, 6.45) is 0.228. The van der Waals surface area contributed by atoms with Crippen LogP contribution in [-0.4, -0.2) is 33.2 Å². The number of nitrogens with zero attached hydrogens (tertiary/aromatic N) is 2. The molecule has 0 aliphatic carbocycles. The van der Waals surface area contributed by atoms with Crippen LogP contribution in [0, 0.1) is 0 Å². The van der Waals surface area contributed by atoms with Crippen LogP contribution in [0.25, 0.3) is 10.9 Å². The average Bonchev–Trinajstić information content (AvgIpc) is 2.67. The van der Waals surface area contributed by atoms with Crippen LogP contribution < -0.4 is 10.9 Å². The van der Waals surface area contributed by atoms with Gasteiger partial charge >= 0.3 is 0 Å². The molecule has 3 aromatic rings. The van der Waals surface area contributed by atoms with Crippen LogP contribution in [0.1, 0.15) is 25.2 Å². The molecule has 0 atom stereocenters. The number of para-hydroxylation sites is 1. The van der Waals surface area contributed by atoms with Gasteiger partial charge in [-0.15, -0.1) is 0 Å². The Kier molecular flexibility index (Phi) is 5.84. The second kappa shape index (κ2) is 8.47. The van der Waals surface area contributed by atoms with E-state index in [1.54, 1.807) is 35.2 Å². The fraction of sp³-hybridized carbons (Fsp3) is 0.238. The maximum Gasteiger partial charge on any atom is 0.258 e. The van der Waals surface area contributed by atoms with E-state index in [9.17, 15) is 14.4 Å². The third kappa shape index (κ3) is 4.62. The first-order chi connectivity index (χ1) is 13.5. The maximum atomic E-state index is 12.7. The van der Waals surface area contributed by atoms with Gasteiger partial charge in [-0.05, 0) is 36.8 Å². The van der Waals surface area contributed by atoms with E-state index >= 15 is 0 Å². The summed E-state index contributed by atoms with van der Waals surface area (Å²) in [7, 11) is 0. The molecule has 0 fully saturated rings. The van der Waals surface area contributed by atoms with Gasteiger partial charge in [-0.1, -0.05) is 24.3 Å². The lowest BCUT2D eigenvalue weighted by Crippen LogP contribution is -2.33. The number of amides is 2. The molecule has 7 heteroatoms. The van der Waals surface area contributed by atoms with E-state index in [-0.39, 0.29) is 30.3 Å². The number of likely N-dealkylation sites (N-methyl/N-ethyl adjacent to an activating group) is 1. The Hall–Kier alpha value is -3.48. The first-order valence-electron chi connectivity index (χ1n) is 9.08. The summed E-state index contributed by atoms with van der Waals surface area (Å²) in [6, 6.07) is 14.3. The van der Waals surface area contributed by atoms with Crippen molar-refractivity contribution >= 4 is 28.4 Å². The number of fused-ring (bicyclic) bond motifs is 1. The van der Waals surface area contributed by atoms with Gasteiger partial charge in [-0.3, -0.25) is 14.4 Å². The standard InChI is InChI=1S/C21H22N4O3/c1-3-25(13-19-23-18-7-5-4-6-17(18)21(28)24-19)20(27)12-15-8-10-16(11-9-15)22-14(2)26/h4-11H,3,12-13H2,1-2H3,(H,22,26)(H,23,24,28). The highest BCUT2D eigenvalue weighted by Gasteiger charge is 2.15. The Morgan fingerprint density at radius 2 is 1.82 bits per heavy atom. The van der Waals surface area contributed by atoms with Crippen molar-refractivity contribution in [1.82, 2.24) is 14.9 Å². The largest absolute Gasteiger partial charge is 0.335 e. The van der Waals surface area contributed by atoms with Crippen LogP contribution in [0.2, 0.25) is 0 Å². The van der Waals surface area contributed by atoms with Crippen molar-refractivity contribution < 1.29 is 9.59 Å². The molecule has 0 spiro atoms. The molecule has 7 nitrogen and oxygen atoms in total. The van der Waals surface area contributed by atoms with Crippen LogP contribution in [0.5, 0.6) is 0 Å². The van der Waals surface area contributed by atoms with E-state index < -0.39 is 0 Å². The van der Waals surface area contributed by atoms with E-state index in [1.807, 2.05) is 25.1 Å². The Morgan fingerprint density at radius 1 is 1.11 bits per heavy atom. The van der Waals surface area contributed by atoms with Crippen molar-refractivity contribution in [1.29, 1.82) is 0 Å². The molecular weight excluding hydrogens is 356 g/mol. The van der Waals surface area contributed by atoms with Crippen LogP contribution >= 0.6 is 0 Å². The molecule has 0 saturated carbocycles. The van der Waals surface area contributed by atoms with E-state index in [0.717, 1.165) is 5.56 Å². The number of anilines is 1. The summed E-state index contributed by atoms with van der Waals surface area (Å²) in [5.41, 5.74) is 1.93. The first kappa shape index (κ1) is 19.3. The predicted octanol–water partition coefficient (Wildman–Crippen LogP) is 2.47. The van der Waals surface area contributed by atoms with Crippen molar-refractivity contribution in [2.24, 2.45) is 0 Å². The molecule has 0 bridgehead atoms. The highest BCUT2D eigenvalue weighted by Crippen LogP contribution is 2.12. The molecule has 2 aromatic carbocycles. The molecule has 28 heavy (non-hydrogen) atoms. The number of benzene rings is 2. The number of carbonyl (C=O) groups is 2. The van der Waals surface area contributed by atoms with Gasteiger partial charge in [0, 0.05) is 19.2 Å². The molecule has 1 aromatic heterocycles. The second-order valence-corrected chi connectivity index (χ2v) is 6.49. The number of aromatic amines is 1. The molecule has 0 radical (unpaired) electrons. The minimum absolute atomic E-state index is 0.0643. The lowest BCUT2D eigenvalue weighted by molar-refractivity contribution is -0.131. The lowest BCUT2D eigenvalue weighted by atomic mass is 10.1. The molecule has 2 N–H and O–H groups in total. The second-order valence-electron chi connectivity index (χ2n) is 6.49. The summed E-state index contributed by atoms with van der Waals surface area (Å²) in [6.45, 7) is 4.07. The van der Waals surface area contributed by atoms with Gasteiger partial charge in [0.25, 0.3) is 5.56 Å². The average molecular weight is 378 g/mol. The Balaban J connectivity index is 1.71. The Bertz CT molecular complexity index is 1060. The highest BCUT2D eigenvalue weighted by molar-refractivity contribution is 5.88. The molecule has 3 rings (SSSR count). The minimum atomic E-state index is -0.210. The first-order valence-corrected chi connectivity index (χ1v) is 9.08. The molecule has 0 saturated heterocycles. The smallest absolute Gasteiger partial charge is 0.258 e. The molecular formula is C21H22N4O3. The third-order valence-electron chi connectivity index (χ3n) is 4.37. The van der Waals surface area contributed by atoms with Crippen molar-refractivity contribution in [2.45, 2.75) is 26.8 Å². The number of hydrogen-bond donors (Lipinski definition) is 2. The summed E-state index contributed by atoms with van der Waals surface area (Å²) in [4.78, 5) is 44.9. The van der Waals surface area contributed by atoms with Crippen LogP contribution in [-0.2, 0) is 22.6 Å². The lowest BCUT2D eigenvalue weighted by Gasteiger charge is -2.20. The zero-order chi connectivity index (χ0) is 20.1. The Morgan fingerprint density at radius 3 is 2.50 bits per heavy atom. The predicted molar refractivity (Wildman–Crippen MR) is 108 cm³/mol. The molecule has 0 aliphatic heterocycles. The molecule has 2 amide bonds. The summed E-state index contributed by atoms with van der Waals surface area (Å²) in [5.74, 6) is 0.253. The van der Waals surface area contributed by atoms with Crippen LogP contribution in [0.15, 0.2) is 53.3 Å². The topological polar surface area (TPSA) is 95.2 Å². The summed E-state index contributed by atoms with van der Waals surface area (Å²) < 4.78 is 0. The number of rotatable bonds is 6. The summed E-state index contributed by atoms with van der Waals surface area (Å²) in [5, 5.41) is 3.22. The monoisotopic (exact) mass is 378 g/mol. The van der Waals surface area contributed by atoms with E-state index in [2.05, 4.69) is 15.3 Å². The molecule has 0 unspecified atom stereocenters. The SMILES string of the molecule is CCN(Cc1nc2ccccc2c(=O)[nH]1)C(=O)Cc1ccc(NC(C)=O)cc1. The van der Waals surface area contributed by atoms with Crippen LogP contribution in [0.4, 0.5) is 5.69 Å². The van der Waals surface area contributed by atoms with Gasteiger partial charge in [0.05, 0.1) is 23.9 Å². The van der Waals surface area contributed by atoms with E-state index in [4.69, 9.17) is 0 Å². The van der Waals surface area contributed by atoms with Crippen molar-refractivity contribution in [3.8, 4) is 0 Å². The van der Waals surface area contributed by atoms with Gasteiger partial charge in [0.15, 0.2) is 0 Å². The fourth-order valence-corrected chi connectivity index (χ4v) is 2.96. The number of hydrogen-bond acceptors (Lipinski definition) is 4. The highest BCUT2D eigenvalue weighted by atomic mass is 16.2. The summed E-state index contributed by atoms with van der Waals surface area (Å²) >= 11 is 0. The normalized spacial score (nSPS) is 10.6. The number of aromatic nitrogens is 2. The van der Waals surface area contributed by atoms with Gasteiger partial charge in [0.1, 0.15) is 5.82 Å². The maximum absolute atomic E-state index is 12.7. The Labute approximate surface area is 162 Å². The van der Waals surface area contributed by atoms with Gasteiger partial charge in [0.2, 0.25) is 11.8 Å². The van der Waals surface area contributed by atoms with Crippen LogP contribution in [0.3, 0.4) is 0 Å². The molecule has 0 aliphatic rings. The molecule has 1 heterocycles. The van der Waals surface area contributed by atoms with Crippen molar-refractivity contribution in [2.75, 3.05) is 11.9 Å².